The van der Waals surface area contributed by atoms with Gasteiger partial charge in [0.15, 0.2) is 0 Å². The molecule has 0 heterocycles. The largest absolute Gasteiger partial charge is 0.272 e. The van der Waals surface area contributed by atoms with Crippen LogP contribution in [0.2, 0.25) is 0 Å². The molecule has 72 valence electrons. The summed E-state index contributed by atoms with van der Waals surface area (Å²) in [5.41, 5.74) is 1.43. The number of carbonyl (C=O) groups is 1. The highest BCUT2D eigenvalue weighted by Gasteiger charge is 2.68. The smallest absolute Gasteiger partial charge is 0.252 e. The van der Waals surface area contributed by atoms with E-state index in [2.05, 4.69) is 16.2 Å². The van der Waals surface area contributed by atoms with Crippen molar-refractivity contribution < 1.29 is 9.63 Å². The van der Waals surface area contributed by atoms with E-state index in [0.29, 0.717) is 6.42 Å². The molecule has 0 aliphatic heterocycles. The summed E-state index contributed by atoms with van der Waals surface area (Å²) < 4.78 is -0.976. The van der Waals surface area contributed by atoms with Gasteiger partial charge < -0.3 is 0 Å². The maximum absolute atomic E-state index is 11.3. The van der Waals surface area contributed by atoms with Crippen LogP contribution < -0.4 is 5.48 Å². The lowest BCUT2D eigenvalue weighted by molar-refractivity contribution is -0.137. The predicted molar refractivity (Wildman–Crippen MR) is 50.1 cm³/mol. The zero-order chi connectivity index (χ0) is 10.1. The van der Waals surface area contributed by atoms with Crippen molar-refractivity contribution in [2.75, 3.05) is 6.61 Å². The van der Waals surface area contributed by atoms with Gasteiger partial charge in [-0.1, -0.05) is 5.92 Å². The topological polar surface area (TPSA) is 38.3 Å². The van der Waals surface area contributed by atoms with Crippen molar-refractivity contribution in [3.05, 3.63) is 0 Å². The molecule has 1 fully saturated rings. The Morgan fingerprint density at radius 2 is 2.31 bits per heavy atom. The number of hydroxylamine groups is 1. The minimum atomic E-state index is -0.976. The Bertz CT molecular complexity index is 272. The fraction of sp³-hybridized carbons (Fsp3) is 0.625. The third-order valence-electron chi connectivity index (χ3n) is 2.08. The molecule has 1 atom stereocenters. The van der Waals surface area contributed by atoms with Gasteiger partial charge in [-0.2, -0.15) is 0 Å². The van der Waals surface area contributed by atoms with Gasteiger partial charge in [-0.05, 0) is 13.3 Å². The quantitative estimate of drug-likeness (QED) is 0.338. The lowest BCUT2D eigenvalue weighted by Crippen LogP contribution is -2.33. The van der Waals surface area contributed by atoms with E-state index >= 15 is 0 Å². The van der Waals surface area contributed by atoms with E-state index in [4.69, 9.17) is 29.6 Å². The third kappa shape index (κ3) is 1.91. The van der Waals surface area contributed by atoms with Crippen LogP contribution in [-0.2, 0) is 9.63 Å². The van der Waals surface area contributed by atoms with Crippen molar-refractivity contribution in [3.8, 4) is 12.3 Å². The molecule has 1 aliphatic rings. The van der Waals surface area contributed by atoms with Crippen molar-refractivity contribution in [1.82, 2.24) is 5.48 Å². The molecule has 0 bridgehead atoms. The van der Waals surface area contributed by atoms with Gasteiger partial charge in [-0.15, -0.1) is 29.6 Å². The number of alkyl halides is 2. The normalized spacial score (nSPS) is 29.1. The van der Waals surface area contributed by atoms with Crippen molar-refractivity contribution in [2.45, 2.75) is 17.7 Å². The zero-order valence-corrected chi connectivity index (χ0v) is 8.58. The van der Waals surface area contributed by atoms with Gasteiger partial charge >= 0.3 is 0 Å². The molecule has 0 radical (unpaired) electrons. The number of rotatable bonds is 3. The van der Waals surface area contributed by atoms with E-state index < -0.39 is 9.75 Å². The van der Waals surface area contributed by atoms with Crippen molar-refractivity contribution in [1.29, 1.82) is 0 Å². The second-order valence-electron chi connectivity index (χ2n) is 3.14. The van der Waals surface area contributed by atoms with Crippen LogP contribution in [0.25, 0.3) is 0 Å². The summed E-state index contributed by atoms with van der Waals surface area (Å²) in [6, 6.07) is 0. The van der Waals surface area contributed by atoms with Gasteiger partial charge in [0, 0.05) is 0 Å². The molecular formula is C8H9Cl2NO2. The first-order chi connectivity index (χ1) is 5.94. The highest BCUT2D eigenvalue weighted by atomic mass is 35.5. The minimum Gasteiger partial charge on any atom is -0.272 e. The summed E-state index contributed by atoms with van der Waals surface area (Å²) >= 11 is 11.5. The molecule has 1 rings (SSSR count). The summed E-state index contributed by atoms with van der Waals surface area (Å²) in [5.74, 6) is 1.87. The highest BCUT2D eigenvalue weighted by molar-refractivity contribution is 6.53. The number of hydrogen-bond donors (Lipinski definition) is 1. The molecule has 1 amide bonds. The molecule has 1 saturated carbocycles. The number of amides is 1. The van der Waals surface area contributed by atoms with Gasteiger partial charge in [0.25, 0.3) is 5.91 Å². The Morgan fingerprint density at radius 3 is 2.69 bits per heavy atom. The van der Waals surface area contributed by atoms with Crippen LogP contribution in [0.5, 0.6) is 0 Å². The monoisotopic (exact) mass is 221 g/mol. The summed E-state index contributed by atoms with van der Waals surface area (Å²) in [5, 5.41) is 0. The Balaban J connectivity index is 2.39. The molecular weight excluding hydrogens is 213 g/mol. The van der Waals surface area contributed by atoms with Crippen LogP contribution in [-0.4, -0.2) is 16.8 Å². The summed E-state index contributed by atoms with van der Waals surface area (Å²) in [6.07, 6.45) is 5.34. The average Bonchev–Trinajstić information content (AvgIpc) is 2.53. The highest BCUT2D eigenvalue weighted by Crippen LogP contribution is 2.63. The average molecular weight is 222 g/mol. The first-order valence-electron chi connectivity index (χ1n) is 3.67. The van der Waals surface area contributed by atoms with Gasteiger partial charge in [-0.3, -0.25) is 9.63 Å². The number of nitrogens with one attached hydrogen (secondary N) is 1. The Hall–Kier alpha value is -0.430. The molecule has 0 aromatic rings. The summed E-state index contributed by atoms with van der Waals surface area (Å²) in [6.45, 7) is 1.70. The number of terminal acetylenes is 1. The van der Waals surface area contributed by atoms with Crippen molar-refractivity contribution in [3.63, 3.8) is 0 Å². The number of carbonyl (C=O) groups excluding carboxylic acids is 1. The van der Waals surface area contributed by atoms with Gasteiger partial charge in [0.2, 0.25) is 0 Å². The van der Waals surface area contributed by atoms with Gasteiger partial charge in [-0.25, -0.2) is 5.48 Å². The zero-order valence-electron chi connectivity index (χ0n) is 7.06. The number of hydrogen-bond acceptors (Lipinski definition) is 2. The van der Waals surface area contributed by atoms with E-state index in [0.717, 1.165) is 0 Å². The predicted octanol–water partition coefficient (Wildman–Crippen LogP) is 1.25. The molecule has 0 aromatic heterocycles. The fourth-order valence-electron chi connectivity index (χ4n) is 0.902. The van der Waals surface area contributed by atoms with Crippen LogP contribution in [0.4, 0.5) is 0 Å². The van der Waals surface area contributed by atoms with E-state index in [9.17, 15) is 4.79 Å². The van der Waals surface area contributed by atoms with E-state index in [1.807, 2.05) is 0 Å². The molecule has 1 aliphatic carbocycles. The molecule has 13 heavy (non-hydrogen) atoms. The Morgan fingerprint density at radius 1 is 1.77 bits per heavy atom. The van der Waals surface area contributed by atoms with Crippen molar-refractivity contribution in [2.24, 2.45) is 5.41 Å². The van der Waals surface area contributed by atoms with Crippen LogP contribution in [0.1, 0.15) is 13.3 Å². The molecule has 0 spiro atoms. The van der Waals surface area contributed by atoms with E-state index in [-0.39, 0.29) is 12.5 Å². The van der Waals surface area contributed by atoms with E-state index in [1.165, 1.54) is 0 Å². The van der Waals surface area contributed by atoms with Crippen LogP contribution >= 0.6 is 23.2 Å². The second-order valence-corrected chi connectivity index (χ2v) is 4.62. The number of halogens is 2. The molecule has 0 saturated heterocycles. The fourth-order valence-corrected chi connectivity index (χ4v) is 1.61. The summed E-state index contributed by atoms with van der Waals surface area (Å²) in [7, 11) is 0. The lowest BCUT2D eigenvalue weighted by atomic mass is 10.1. The van der Waals surface area contributed by atoms with Gasteiger partial charge in [0.05, 0.1) is 5.41 Å². The maximum atomic E-state index is 11.3. The molecule has 1 unspecified atom stereocenters. The molecule has 0 aromatic carbocycles. The molecule has 5 heteroatoms. The van der Waals surface area contributed by atoms with Crippen LogP contribution in [0.15, 0.2) is 0 Å². The summed E-state index contributed by atoms with van der Waals surface area (Å²) in [4.78, 5) is 16.0. The van der Waals surface area contributed by atoms with Crippen LogP contribution in [0.3, 0.4) is 0 Å². The molecule has 1 N–H and O–H groups in total. The minimum absolute atomic E-state index is 0.0272. The Labute approximate surface area is 86.7 Å². The molecule has 3 nitrogen and oxygen atoms in total. The van der Waals surface area contributed by atoms with E-state index in [1.54, 1.807) is 6.92 Å². The third-order valence-corrected chi connectivity index (χ3v) is 3.18. The first-order valence-corrected chi connectivity index (χ1v) is 4.43. The van der Waals surface area contributed by atoms with Gasteiger partial charge in [0.1, 0.15) is 10.9 Å². The first kappa shape index (κ1) is 10.6. The van der Waals surface area contributed by atoms with Crippen molar-refractivity contribution >= 4 is 29.1 Å². The standard InChI is InChI=1S/C8H9Cl2NO2/c1-3-4-13-11-6(12)7(2)5-8(7,9)10/h1H,4-5H2,2H3,(H,11,12). The lowest BCUT2D eigenvalue weighted by Gasteiger charge is -2.10. The second kappa shape index (κ2) is 3.38. The van der Waals surface area contributed by atoms with Crippen LogP contribution in [0, 0.1) is 17.8 Å². The SMILES string of the molecule is C#CCONC(=O)C1(C)CC1(Cl)Cl. The maximum Gasteiger partial charge on any atom is 0.252 e. The Kier molecular flexibility index (Phi) is 2.76.